The van der Waals surface area contributed by atoms with Crippen LogP contribution in [0.15, 0.2) is 59.0 Å². The number of anilines is 2. The van der Waals surface area contributed by atoms with E-state index >= 15 is 0 Å². The molecule has 0 radical (unpaired) electrons. The molecule has 0 bridgehead atoms. The number of hydrogen-bond acceptors (Lipinski definition) is 4. The minimum Gasteiger partial charge on any atom is -0.459 e. The molecule has 146 valence electrons. The van der Waals surface area contributed by atoms with Gasteiger partial charge < -0.3 is 14.6 Å². The van der Waals surface area contributed by atoms with Crippen LogP contribution in [0.5, 0.6) is 0 Å². The Hall–Kier alpha value is -2.79. The maximum absolute atomic E-state index is 12.5. The predicted molar refractivity (Wildman–Crippen MR) is 114 cm³/mol. The fourth-order valence-electron chi connectivity index (χ4n) is 3.72. The van der Waals surface area contributed by atoms with Crippen molar-refractivity contribution in [3.05, 3.63) is 60.4 Å². The van der Waals surface area contributed by atoms with E-state index in [1.807, 2.05) is 54.4 Å². The van der Waals surface area contributed by atoms with Crippen LogP contribution in [-0.2, 0) is 4.79 Å². The van der Waals surface area contributed by atoms with Gasteiger partial charge >= 0.3 is 0 Å². The van der Waals surface area contributed by atoms with Crippen molar-refractivity contribution in [2.75, 3.05) is 36.9 Å². The predicted octanol–water partition coefficient (Wildman–Crippen LogP) is 4.66. The second-order valence-electron chi connectivity index (χ2n) is 7.57. The summed E-state index contributed by atoms with van der Waals surface area (Å²) in [4.78, 5) is 16.9. The van der Waals surface area contributed by atoms with Gasteiger partial charge in [-0.25, -0.2) is 0 Å². The number of hydrogen-bond donors (Lipinski definition) is 1. The summed E-state index contributed by atoms with van der Waals surface area (Å²) in [5.74, 6) is 0.839. The van der Waals surface area contributed by atoms with Crippen molar-refractivity contribution < 1.29 is 9.21 Å². The summed E-state index contributed by atoms with van der Waals surface area (Å²) < 4.78 is 5.93. The van der Waals surface area contributed by atoms with Gasteiger partial charge in [0.15, 0.2) is 0 Å². The zero-order valence-corrected chi connectivity index (χ0v) is 16.5. The van der Waals surface area contributed by atoms with Crippen LogP contribution in [0.3, 0.4) is 0 Å². The molecule has 0 saturated carbocycles. The number of nitrogens with zero attached hydrogens (tertiary/aromatic N) is 2. The molecule has 1 saturated heterocycles. The molecule has 1 unspecified atom stereocenters. The topological polar surface area (TPSA) is 48.7 Å². The molecular weight excluding hydrogens is 350 g/mol. The van der Waals surface area contributed by atoms with Gasteiger partial charge in [-0.15, -0.1) is 0 Å². The summed E-state index contributed by atoms with van der Waals surface area (Å²) in [6.07, 6.45) is 2.52. The van der Waals surface area contributed by atoms with Crippen molar-refractivity contribution in [1.29, 1.82) is 0 Å². The SMILES string of the molecule is CC(c1cc2ccccc2o1)N(C)CC(=O)Nc1ccc(N2CCCC2)cc1. The third-order valence-corrected chi connectivity index (χ3v) is 5.53. The third-order valence-electron chi connectivity index (χ3n) is 5.53. The van der Waals surface area contributed by atoms with Crippen LogP contribution < -0.4 is 10.2 Å². The number of amides is 1. The maximum atomic E-state index is 12.5. The lowest BCUT2D eigenvalue weighted by molar-refractivity contribution is -0.117. The van der Waals surface area contributed by atoms with E-state index in [0.717, 1.165) is 35.5 Å². The summed E-state index contributed by atoms with van der Waals surface area (Å²) >= 11 is 0. The van der Waals surface area contributed by atoms with Crippen LogP contribution in [0.1, 0.15) is 31.6 Å². The Morgan fingerprint density at radius 3 is 2.57 bits per heavy atom. The molecule has 0 aliphatic carbocycles. The van der Waals surface area contributed by atoms with Gasteiger partial charge in [0.05, 0.1) is 12.6 Å². The molecular formula is C23H27N3O2. The quantitative estimate of drug-likeness (QED) is 0.678. The summed E-state index contributed by atoms with van der Waals surface area (Å²) in [7, 11) is 1.94. The number of carbonyl (C=O) groups excluding carboxylic acids is 1. The first-order valence-corrected chi connectivity index (χ1v) is 9.94. The number of furan rings is 1. The van der Waals surface area contributed by atoms with E-state index in [0.29, 0.717) is 6.54 Å². The van der Waals surface area contributed by atoms with Crippen LogP contribution in [-0.4, -0.2) is 37.5 Å². The summed E-state index contributed by atoms with van der Waals surface area (Å²) in [6.45, 7) is 4.59. The van der Waals surface area contributed by atoms with E-state index in [9.17, 15) is 4.79 Å². The molecule has 1 aromatic heterocycles. The normalized spacial score (nSPS) is 15.3. The molecule has 1 aliphatic heterocycles. The molecule has 1 amide bonds. The fourth-order valence-corrected chi connectivity index (χ4v) is 3.72. The van der Waals surface area contributed by atoms with Crippen molar-refractivity contribution in [3.8, 4) is 0 Å². The highest BCUT2D eigenvalue weighted by Crippen LogP contribution is 2.27. The first kappa shape index (κ1) is 18.6. The van der Waals surface area contributed by atoms with Crippen LogP contribution >= 0.6 is 0 Å². The highest BCUT2D eigenvalue weighted by Gasteiger charge is 2.19. The molecule has 0 spiro atoms. The second-order valence-corrected chi connectivity index (χ2v) is 7.57. The number of para-hydroxylation sites is 1. The molecule has 1 atom stereocenters. The van der Waals surface area contributed by atoms with Gasteiger partial charge in [-0.2, -0.15) is 0 Å². The lowest BCUT2D eigenvalue weighted by Gasteiger charge is -2.22. The smallest absolute Gasteiger partial charge is 0.238 e. The highest BCUT2D eigenvalue weighted by molar-refractivity contribution is 5.92. The summed E-state index contributed by atoms with van der Waals surface area (Å²) in [5.41, 5.74) is 2.93. The van der Waals surface area contributed by atoms with E-state index in [2.05, 4.69) is 29.3 Å². The second kappa shape index (κ2) is 8.07. The average Bonchev–Trinajstić information content (AvgIpc) is 3.37. The number of carbonyl (C=O) groups is 1. The van der Waals surface area contributed by atoms with Gasteiger partial charge in [0.2, 0.25) is 5.91 Å². The molecule has 1 fully saturated rings. The number of benzene rings is 2. The monoisotopic (exact) mass is 377 g/mol. The Morgan fingerprint density at radius 1 is 1.14 bits per heavy atom. The van der Waals surface area contributed by atoms with Gasteiger partial charge in [0, 0.05) is 29.9 Å². The van der Waals surface area contributed by atoms with Gasteiger partial charge in [-0.05, 0) is 63.2 Å². The Bertz CT molecular complexity index is 909. The lowest BCUT2D eigenvalue weighted by atomic mass is 10.2. The first-order valence-electron chi connectivity index (χ1n) is 9.94. The Labute approximate surface area is 165 Å². The molecule has 2 heterocycles. The van der Waals surface area contributed by atoms with Gasteiger partial charge in [0.25, 0.3) is 0 Å². The largest absolute Gasteiger partial charge is 0.459 e. The molecule has 4 rings (SSSR count). The van der Waals surface area contributed by atoms with Gasteiger partial charge in [0.1, 0.15) is 11.3 Å². The minimum atomic E-state index is -0.0283. The van der Waals surface area contributed by atoms with Crippen molar-refractivity contribution in [2.24, 2.45) is 0 Å². The molecule has 5 nitrogen and oxygen atoms in total. The van der Waals surface area contributed by atoms with Crippen LogP contribution in [0, 0.1) is 0 Å². The van der Waals surface area contributed by atoms with Crippen LogP contribution in [0.25, 0.3) is 11.0 Å². The zero-order chi connectivity index (χ0) is 19.5. The van der Waals surface area contributed by atoms with E-state index < -0.39 is 0 Å². The molecule has 3 aromatic rings. The number of rotatable bonds is 6. The van der Waals surface area contributed by atoms with E-state index in [-0.39, 0.29) is 11.9 Å². The van der Waals surface area contributed by atoms with Gasteiger partial charge in [-0.1, -0.05) is 18.2 Å². The Kier molecular flexibility index (Phi) is 5.35. The minimum absolute atomic E-state index is 0.00990. The van der Waals surface area contributed by atoms with Crippen molar-refractivity contribution in [1.82, 2.24) is 4.90 Å². The van der Waals surface area contributed by atoms with E-state index in [1.54, 1.807) is 0 Å². The third kappa shape index (κ3) is 4.04. The number of fused-ring (bicyclic) bond motifs is 1. The standard InChI is InChI=1S/C23H27N3O2/c1-17(22-15-18-7-3-4-8-21(18)28-22)25(2)16-23(27)24-19-9-11-20(12-10-19)26-13-5-6-14-26/h3-4,7-12,15,17H,5-6,13-14,16H2,1-2H3,(H,24,27). The molecule has 28 heavy (non-hydrogen) atoms. The van der Waals surface area contributed by atoms with Crippen molar-refractivity contribution in [3.63, 3.8) is 0 Å². The summed E-state index contributed by atoms with van der Waals surface area (Å²) in [5, 5.41) is 4.08. The summed E-state index contributed by atoms with van der Waals surface area (Å²) in [6, 6.07) is 18.1. The van der Waals surface area contributed by atoms with E-state index in [4.69, 9.17) is 4.42 Å². The first-order chi connectivity index (χ1) is 13.6. The Morgan fingerprint density at radius 2 is 1.86 bits per heavy atom. The number of likely N-dealkylation sites (N-methyl/N-ethyl adjacent to an activating group) is 1. The molecule has 1 N–H and O–H groups in total. The Balaban J connectivity index is 1.34. The average molecular weight is 377 g/mol. The van der Waals surface area contributed by atoms with E-state index in [1.165, 1.54) is 18.5 Å². The van der Waals surface area contributed by atoms with Gasteiger partial charge in [-0.3, -0.25) is 9.69 Å². The fraction of sp³-hybridized carbons (Fsp3) is 0.348. The zero-order valence-electron chi connectivity index (χ0n) is 16.5. The highest BCUT2D eigenvalue weighted by atomic mass is 16.3. The molecule has 5 heteroatoms. The maximum Gasteiger partial charge on any atom is 0.238 e. The van der Waals surface area contributed by atoms with Crippen LogP contribution in [0.2, 0.25) is 0 Å². The molecule has 1 aliphatic rings. The lowest BCUT2D eigenvalue weighted by Crippen LogP contribution is -2.32. The van der Waals surface area contributed by atoms with Crippen LogP contribution in [0.4, 0.5) is 11.4 Å². The van der Waals surface area contributed by atoms with Crippen molar-refractivity contribution in [2.45, 2.75) is 25.8 Å². The molecule has 2 aromatic carbocycles. The number of nitrogens with one attached hydrogen (secondary N) is 1. The van der Waals surface area contributed by atoms with Crippen molar-refractivity contribution >= 4 is 28.3 Å².